The smallest absolute Gasteiger partial charge is 0.236 e. The summed E-state index contributed by atoms with van der Waals surface area (Å²) in [6.07, 6.45) is 0. The van der Waals surface area contributed by atoms with Crippen LogP contribution in [0.3, 0.4) is 0 Å². The third-order valence-corrected chi connectivity index (χ3v) is 5.99. The molecule has 2 aromatic carbocycles. The normalized spacial score (nSPS) is 14.3. The molecule has 0 bridgehead atoms. The molecule has 10 heteroatoms. The highest BCUT2D eigenvalue weighted by molar-refractivity contribution is 5.89. The molecule has 4 rings (SSSR count). The largest absolute Gasteiger partial charge is 0.504 e. The van der Waals surface area contributed by atoms with Crippen LogP contribution < -0.4 is 24.4 Å². The van der Waals surface area contributed by atoms with Crippen molar-refractivity contribution in [2.24, 2.45) is 0 Å². The van der Waals surface area contributed by atoms with Gasteiger partial charge in [0.25, 0.3) is 0 Å². The summed E-state index contributed by atoms with van der Waals surface area (Å²) in [6.45, 7) is 2.48. The highest BCUT2D eigenvalue weighted by Crippen LogP contribution is 2.42. The molecule has 1 aromatic heterocycles. The molecule has 2 heterocycles. The number of benzene rings is 2. The molecular weight excluding hydrogens is 456 g/mol. The number of phenolic OH excluding ortho intramolecular Hbond substituents is 1. The van der Waals surface area contributed by atoms with E-state index in [-0.39, 0.29) is 46.5 Å². The number of hydrogen-bond acceptors (Lipinski definition) is 9. The molecule has 1 amide bonds. The van der Waals surface area contributed by atoms with Gasteiger partial charge in [0.15, 0.2) is 28.4 Å². The molecule has 35 heavy (non-hydrogen) atoms. The van der Waals surface area contributed by atoms with Gasteiger partial charge in [0.2, 0.25) is 11.7 Å². The number of nitrogens with zero attached hydrogens (tertiary/aromatic N) is 2. The lowest BCUT2D eigenvalue weighted by Crippen LogP contribution is -2.49. The highest BCUT2D eigenvalue weighted by atomic mass is 16.5. The molecule has 0 aliphatic carbocycles. The van der Waals surface area contributed by atoms with Crippen molar-refractivity contribution in [2.45, 2.75) is 0 Å². The van der Waals surface area contributed by atoms with Gasteiger partial charge < -0.3 is 33.4 Å². The zero-order chi connectivity index (χ0) is 25.1. The Morgan fingerprint density at radius 2 is 1.74 bits per heavy atom. The number of methoxy groups -OCH3 is 3. The molecule has 1 fully saturated rings. The second-order valence-electron chi connectivity index (χ2n) is 8.11. The Labute approximate surface area is 202 Å². The minimum absolute atomic E-state index is 0.0110. The summed E-state index contributed by atoms with van der Waals surface area (Å²) in [5, 5.41) is 10.8. The zero-order valence-corrected chi connectivity index (χ0v) is 20.1. The van der Waals surface area contributed by atoms with E-state index >= 15 is 0 Å². The molecule has 1 aliphatic heterocycles. The van der Waals surface area contributed by atoms with Crippen LogP contribution in [0.5, 0.6) is 28.7 Å². The molecule has 10 nitrogen and oxygen atoms in total. The van der Waals surface area contributed by atoms with Gasteiger partial charge in [-0.15, -0.1) is 0 Å². The lowest BCUT2D eigenvalue weighted by molar-refractivity contribution is -0.134. The van der Waals surface area contributed by atoms with E-state index in [0.29, 0.717) is 36.7 Å². The van der Waals surface area contributed by atoms with Crippen LogP contribution in [0.1, 0.15) is 0 Å². The summed E-state index contributed by atoms with van der Waals surface area (Å²) in [7, 11) is 6.21. The number of likely N-dealkylation sites (N-methyl/N-ethyl adjacent to an activating group) is 1. The number of phenols is 1. The molecule has 0 atom stereocenters. The predicted molar refractivity (Wildman–Crippen MR) is 129 cm³/mol. The molecule has 1 N–H and O–H groups in total. The first-order valence-electron chi connectivity index (χ1n) is 11.1. The van der Waals surface area contributed by atoms with Crippen molar-refractivity contribution in [2.75, 3.05) is 61.2 Å². The number of hydrogen-bond donors (Lipinski definition) is 1. The third kappa shape index (κ3) is 4.83. The van der Waals surface area contributed by atoms with Crippen molar-refractivity contribution < 1.29 is 33.3 Å². The zero-order valence-electron chi connectivity index (χ0n) is 20.1. The standard InChI is InChI=1S/C25H28N2O8/c1-26-7-8-27(14-22(26)29)9-10-34-21-13-20-23(24(30)25(21)33-4)16(28)12-18(35-20)15-5-6-17(31-2)19(11-15)32-3/h5-6,11-13,30H,7-10,14H2,1-4H3. The molecule has 0 radical (unpaired) electrons. The Bertz CT molecular complexity index is 1300. The number of rotatable bonds is 8. The molecule has 0 saturated carbocycles. The Morgan fingerprint density at radius 3 is 2.43 bits per heavy atom. The van der Waals surface area contributed by atoms with Gasteiger partial charge in [-0.1, -0.05) is 0 Å². The first-order chi connectivity index (χ1) is 16.9. The van der Waals surface area contributed by atoms with Crippen molar-refractivity contribution in [3.63, 3.8) is 0 Å². The fraction of sp³-hybridized carbons (Fsp3) is 0.360. The van der Waals surface area contributed by atoms with Crippen LogP contribution in [-0.2, 0) is 4.79 Å². The van der Waals surface area contributed by atoms with Crippen molar-refractivity contribution in [1.82, 2.24) is 9.80 Å². The Hall–Kier alpha value is -3.92. The molecular formula is C25H28N2O8. The number of piperazine rings is 1. The molecule has 1 saturated heterocycles. The quantitative estimate of drug-likeness (QED) is 0.515. The van der Waals surface area contributed by atoms with Gasteiger partial charge in [0, 0.05) is 44.4 Å². The fourth-order valence-corrected chi connectivity index (χ4v) is 3.98. The van der Waals surface area contributed by atoms with E-state index in [2.05, 4.69) is 0 Å². The Balaban J connectivity index is 1.65. The topological polar surface area (TPSA) is 111 Å². The second-order valence-corrected chi connectivity index (χ2v) is 8.11. The van der Waals surface area contributed by atoms with E-state index in [9.17, 15) is 14.7 Å². The summed E-state index contributed by atoms with van der Waals surface area (Å²) in [4.78, 5) is 28.5. The van der Waals surface area contributed by atoms with Crippen LogP contribution in [0.4, 0.5) is 0 Å². The monoisotopic (exact) mass is 484 g/mol. The summed E-state index contributed by atoms with van der Waals surface area (Å²) in [6, 6.07) is 7.97. The molecule has 0 unspecified atom stereocenters. The summed E-state index contributed by atoms with van der Waals surface area (Å²) < 4.78 is 27.8. The van der Waals surface area contributed by atoms with Gasteiger partial charge in [-0.3, -0.25) is 14.5 Å². The van der Waals surface area contributed by atoms with Crippen LogP contribution >= 0.6 is 0 Å². The predicted octanol–water partition coefficient (Wildman–Crippen LogP) is 2.34. The minimum Gasteiger partial charge on any atom is -0.504 e. The minimum atomic E-state index is -0.436. The summed E-state index contributed by atoms with van der Waals surface area (Å²) in [5.74, 6) is 1.28. The second kappa shape index (κ2) is 10.1. The average molecular weight is 485 g/mol. The van der Waals surface area contributed by atoms with E-state index in [1.165, 1.54) is 33.5 Å². The van der Waals surface area contributed by atoms with E-state index in [4.69, 9.17) is 23.4 Å². The summed E-state index contributed by atoms with van der Waals surface area (Å²) >= 11 is 0. The number of aromatic hydroxyl groups is 1. The molecule has 186 valence electrons. The van der Waals surface area contributed by atoms with Crippen LogP contribution in [0.25, 0.3) is 22.3 Å². The van der Waals surface area contributed by atoms with Crippen molar-refractivity contribution >= 4 is 16.9 Å². The fourth-order valence-electron chi connectivity index (χ4n) is 3.98. The molecule has 1 aliphatic rings. The SMILES string of the molecule is COc1ccc(-c2cc(=O)c3c(O)c(OC)c(OCCN4CCN(C)C(=O)C4)cc3o2)cc1OC. The van der Waals surface area contributed by atoms with Crippen molar-refractivity contribution in [3.8, 4) is 40.1 Å². The molecule has 0 spiro atoms. The van der Waals surface area contributed by atoms with Crippen LogP contribution in [0, 0.1) is 0 Å². The van der Waals surface area contributed by atoms with Crippen LogP contribution in [0.2, 0.25) is 0 Å². The number of fused-ring (bicyclic) bond motifs is 1. The van der Waals surface area contributed by atoms with Crippen molar-refractivity contribution in [1.29, 1.82) is 0 Å². The maximum Gasteiger partial charge on any atom is 0.236 e. The van der Waals surface area contributed by atoms with E-state index in [1.807, 2.05) is 4.90 Å². The van der Waals surface area contributed by atoms with Gasteiger partial charge in [0.1, 0.15) is 23.3 Å². The van der Waals surface area contributed by atoms with Gasteiger partial charge in [-0.25, -0.2) is 0 Å². The average Bonchev–Trinajstić information content (AvgIpc) is 2.85. The molecule has 3 aromatic rings. The van der Waals surface area contributed by atoms with E-state index in [0.717, 1.165) is 6.54 Å². The maximum atomic E-state index is 12.9. The maximum absolute atomic E-state index is 12.9. The van der Waals surface area contributed by atoms with Gasteiger partial charge >= 0.3 is 0 Å². The third-order valence-electron chi connectivity index (χ3n) is 5.99. The van der Waals surface area contributed by atoms with Gasteiger partial charge in [0.05, 0.1) is 27.9 Å². The Kier molecular flexibility index (Phi) is 7.02. The Morgan fingerprint density at radius 1 is 0.971 bits per heavy atom. The van der Waals surface area contributed by atoms with E-state index in [1.54, 1.807) is 30.1 Å². The van der Waals surface area contributed by atoms with Crippen LogP contribution in [0.15, 0.2) is 39.5 Å². The lowest BCUT2D eigenvalue weighted by Gasteiger charge is -2.31. The number of amides is 1. The first-order valence-corrected chi connectivity index (χ1v) is 11.1. The number of ether oxygens (including phenoxy) is 4. The van der Waals surface area contributed by atoms with E-state index < -0.39 is 5.43 Å². The van der Waals surface area contributed by atoms with Gasteiger partial charge in [-0.05, 0) is 18.2 Å². The number of carbonyl (C=O) groups is 1. The first kappa shape index (κ1) is 24.2. The van der Waals surface area contributed by atoms with Crippen LogP contribution in [-0.4, -0.2) is 82.0 Å². The highest BCUT2D eigenvalue weighted by Gasteiger charge is 2.23. The van der Waals surface area contributed by atoms with Crippen molar-refractivity contribution in [3.05, 3.63) is 40.6 Å². The lowest BCUT2D eigenvalue weighted by atomic mass is 10.1. The number of carbonyl (C=O) groups excluding carboxylic acids is 1. The summed E-state index contributed by atoms with van der Waals surface area (Å²) in [5.41, 5.74) is 0.304. The van der Waals surface area contributed by atoms with Gasteiger partial charge in [-0.2, -0.15) is 0 Å².